The van der Waals surface area contributed by atoms with Gasteiger partial charge in [0, 0.05) is 18.5 Å². The lowest BCUT2D eigenvalue weighted by Gasteiger charge is -2.11. The second kappa shape index (κ2) is 4.62. The molecule has 1 aliphatic rings. The molecule has 1 aromatic rings. The molecule has 0 unspecified atom stereocenters. The first-order chi connectivity index (χ1) is 8.71. The Hall–Kier alpha value is -0.830. The second-order valence-electron chi connectivity index (χ2n) is 6.63. The molecule has 0 spiro atoms. The Kier molecular flexibility index (Phi) is 3.54. The van der Waals surface area contributed by atoms with Gasteiger partial charge in [-0.25, -0.2) is 9.97 Å². The van der Waals surface area contributed by atoms with Crippen LogP contribution in [0.4, 0.5) is 5.82 Å². The van der Waals surface area contributed by atoms with Crippen LogP contribution < -0.4 is 5.32 Å². The minimum atomic E-state index is 0.387. The molecule has 1 fully saturated rings. The summed E-state index contributed by atoms with van der Waals surface area (Å²) >= 11 is 6.15. The summed E-state index contributed by atoms with van der Waals surface area (Å²) in [5.74, 6) is 2.35. The summed E-state index contributed by atoms with van der Waals surface area (Å²) in [7, 11) is 0. The molecule has 4 heteroatoms. The van der Waals surface area contributed by atoms with Crippen molar-refractivity contribution in [2.75, 3.05) is 11.9 Å². The van der Waals surface area contributed by atoms with Gasteiger partial charge in [-0.2, -0.15) is 0 Å². The van der Waals surface area contributed by atoms with Gasteiger partial charge in [0.05, 0.1) is 0 Å². The second-order valence-corrected chi connectivity index (χ2v) is 6.99. The zero-order chi connectivity index (χ0) is 14.4. The molecule has 1 heterocycles. The topological polar surface area (TPSA) is 37.8 Å². The summed E-state index contributed by atoms with van der Waals surface area (Å²) in [4.78, 5) is 8.81. The molecule has 0 bridgehead atoms. The first kappa shape index (κ1) is 14.6. The molecule has 0 saturated heterocycles. The minimum Gasteiger partial charge on any atom is -0.369 e. The molecule has 1 N–H and O–H groups in total. The van der Waals surface area contributed by atoms with E-state index in [4.69, 9.17) is 11.6 Å². The molecule has 1 aliphatic carbocycles. The summed E-state index contributed by atoms with van der Waals surface area (Å²) in [5, 5.41) is 4.03. The van der Waals surface area contributed by atoms with Crippen molar-refractivity contribution in [1.29, 1.82) is 0 Å². The van der Waals surface area contributed by atoms with Crippen LogP contribution in [0.15, 0.2) is 0 Å². The maximum absolute atomic E-state index is 6.15. The smallest absolute Gasteiger partial charge is 0.137 e. The fourth-order valence-electron chi connectivity index (χ4n) is 2.91. The molecule has 0 radical (unpaired) electrons. The van der Waals surface area contributed by atoms with E-state index in [1.165, 1.54) is 0 Å². The summed E-state index contributed by atoms with van der Waals surface area (Å²) in [6.45, 7) is 14.3. The fourth-order valence-corrected chi connectivity index (χ4v) is 3.09. The number of aryl methyl sites for hydroxylation is 1. The number of aromatic nitrogens is 2. The van der Waals surface area contributed by atoms with Crippen molar-refractivity contribution in [2.24, 2.45) is 16.7 Å². The summed E-state index contributed by atoms with van der Waals surface area (Å²) in [5.41, 5.74) is 1.71. The Morgan fingerprint density at radius 3 is 2.21 bits per heavy atom. The fraction of sp³-hybridized carbons (Fsp3) is 0.733. The Bertz CT molecular complexity index is 480. The third-order valence-electron chi connectivity index (χ3n) is 5.24. The molecule has 1 aromatic heterocycles. The van der Waals surface area contributed by atoms with Gasteiger partial charge in [-0.1, -0.05) is 46.2 Å². The van der Waals surface area contributed by atoms with Crippen molar-refractivity contribution < 1.29 is 0 Å². The van der Waals surface area contributed by atoms with Gasteiger partial charge in [-0.05, 0) is 23.7 Å². The standard InChI is InChI=1S/C15H24ClN3/c1-7-11-18-12(16)9(2)13(19-11)17-8-10-14(3,4)15(10,5)6/h10H,7-8H2,1-6H3,(H,17,18,19). The van der Waals surface area contributed by atoms with Crippen molar-refractivity contribution in [3.05, 3.63) is 16.5 Å². The summed E-state index contributed by atoms with van der Waals surface area (Å²) in [6, 6.07) is 0. The highest BCUT2D eigenvalue weighted by Gasteiger charge is 2.64. The Morgan fingerprint density at radius 1 is 1.16 bits per heavy atom. The van der Waals surface area contributed by atoms with E-state index in [0.29, 0.717) is 21.9 Å². The third-order valence-corrected chi connectivity index (χ3v) is 5.61. The largest absolute Gasteiger partial charge is 0.369 e. The quantitative estimate of drug-likeness (QED) is 0.845. The van der Waals surface area contributed by atoms with Crippen LogP contribution in [0.2, 0.25) is 5.15 Å². The van der Waals surface area contributed by atoms with Crippen LogP contribution in [0.1, 0.15) is 46.0 Å². The number of hydrogen-bond donors (Lipinski definition) is 1. The SMILES string of the molecule is CCc1nc(Cl)c(C)c(NCC2C(C)(C)C2(C)C)n1. The van der Waals surface area contributed by atoms with E-state index in [1.807, 2.05) is 13.8 Å². The molecular weight excluding hydrogens is 258 g/mol. The number of hydrogen-bond acceptors (Lipinski definition) is 3. The van der Waals surface area contributed by atoms with Crippen LogP contribution in [0.25, 0.3) is 0 Å². The van der Waals surface area contributed by atoms with Gasteiger partial charge in [0.1, 0.15) is 16.8 Å². The van der Waals surface area contributed by atoms with Crippen molar-refractivity contribution in [3.8, 4) is 0 Å². The normalized spacial score (nSPS) is 20.4. The van der Waals surface area contributed by atoms with Crippen molar-refractivity contribution in [1.82, 2.24) is 9.97 Å². The predicted octanol–water partition coefficient (Wildman–Crippen LogP) is 4.09. The molecule has 1 saturated carbocycles. The van der Waals surface area contributed by atoms with E-state index in [1.54, 1.807) is 0 Å². The van der Waals surface area contributed by atoms with E-state index in [-0.39, 0.29) is 0 Å². The first-order valence-corrected chi connectivity index (χ1v) is 7.36. The maximum Gasteiger partial charge on any atom is 0.137 e. The highest BCUT2D eigenvalue weighted by Crippen LogP contribution is 2.68. The van der Waals surface area contributed by atoms with E-state index >= 15 is 0 Å². The van der Waals surface area contributed by atoms with Crippen LogP contribution in [0.5, 0.6) is 0 Å². The number of rotatable bonds is 4. The lowest BCUT2D eigenvalue weighted by Crippen LogP contribution is -2.12. The first-order valence-electron chi connectivity index (χ1n) is 6.98. The van der Waals surface area contributed by atoms with E-state index in [0.717, 1.165) is 30.2 Å². The molecule has 0 amide bonds. The highest BCUT2D eigenvalue weighted by atomic mass is 35.5. The summed E-state index contributed by atoms with van der Waals surface area (Å²) < 4.78 is 0. The molecule has 2 rings (SSSR count). The van der Waals surface area contributed by atoms with Gasteiger partial charge in [-0.15, -0.1) is 0 Å². The Labute approximate surface area is 121 Å². The van der Waals surface area contributed by atoms with Crippen LogP contribution in [0.3, 0.4) is 0 Å². The van der Waals surface area contributed by atoms with Crippen molar-refractivity contribution in [3.63, 3.8) is 0 Å². The third kappa shape index (κ3) is 2.33. The molecule has 3 nitrogen and oxygen atoms in total. The molecule has 106 valence electrons. The lowest BCUT2D eigenvalue weighted by atomic mass is 10.0. The monoisotopic (exact) mass is 281 g/mol. The van der Waals surface area contributed by atoms with Gasteiger partial charge in [0.2, 0.25) is 0 Å². The number of nitrogens with one attached hydrogen (secondary N) is 1. The van der Waals surface area contributed by atoms with E-state index in [9.17, 15) is 0 Å². The summed E-state index contributed by atoms with van der Waals surface area (Å²) in [6.07, 6.45) is 0.801. The Balaban J connectivity index is 2.11. The maximum atomic E-state index is 6.15. The van der Waals surface area contributed by atoms with Gasteiger partial charge >= 0.3 is 0 Å². The Morgan fingerprint density at radius 2 is 1.74 bits per heavy atom. The molecule has 0 aliphatic heterocycles. The van der Waals surface area contributed by atoms with Crippen LogP contribution >= 0.6 is 11.6 Å². The van der Waals surface area contributed by atoms with Crippen molar-refractivity contribution in [2.45, 2.75) is 48.0 Å². The van der Waals surface area contributed by atoms with E-state index in [2.05, 4.69) is 43.0 Å². The van der Waals surface area contributed by atoms with E-state index < -0.39 is 0 Å². The van der Waals surface area contributed by atoms with Crippen molar-refractivity contribution >= 4 is 17.4 Å². The number of nitrogens with zero attached hydrogens (tertiary/aromatic N) is 2. The highest BCUT2D eigenvalue weighted by molar-refractivity contribution is 6.30. The van der Waals surface area contributed by atoms with Crippen LogP contribution in [0, 0.1) is 23.7 Å². The average molecular weight is 282 g/mol. The zero-order valence-corrected chi connectivity index (χ0v) is 13.5. The molecular formula is C15H24ClN3. The molecule has 0 aromatic carbocycles. The van der Waals surface area contributed by atoms with Gasteiger partial charge in [0.25, 0.3) is 0 Å². The van der Waals surface area contributed by atoms with Gasteiger partial charge in [0.15, 0.2) is 0 Å². The zero-order valence-electron chi connectivity index (χ0n) is 12.8. The van der Waals surface area contributed by atoms with Crippen LogP contribution in [-0.2, 0) is 6.42 Å². The van der Waals surface area contributed by atoms with Gasteiger partial charge < -0.3 is 5.32 Å². The average Bonchev–Trinajstić information content (AvgIpc) is 2.72. The van der Waals surface area contributed by atoms with Crippen LogP contribution in [-0.4, -0.2) is 16.5 Å². The predicted molar refractivity (Wildman–Crippen MR) is 80.7 cm³/mol. The lowest BCUT2D eigenvalue weighted by molar-refractivity contribution is 0.457. The molecule has 0 atom stereocenters. The number of anilines is 1. The van der Waals surface area contributed by atoms with Gasteiger partial charge in [-0.3, -0.25) is 0 Å². The molecule has 19 heavy (non-hydrogen) atoms. The minimum absolute atomic E-state index is 0.387. The number of halogens is 1.